The molecule has 0 saturated heterocycles. The highest BCUT2D eigenvalue weighted by Crippen LogP contribution is 2.33. The van der Waals surface area contributed by atoms with Gasteiger partial charge in [-0.05, 0) is 56.4 Å². The molecular formula is C21H24N4O3S. The molecule has 2 aromatic heterocycles. The highest BCUT2D eigenvalue weighted by molar-refractivity contribution is 7.89. The molecule has 0 spiro atoms. The van der Waals surface area contributed by atoms with E-state index in [1.165, 1.54) is 11.1 Å². The lowest BCUT2D eigenvalue weighted by Gasteiger charge is -2.27. The van der Waals surface area contributed by atoms with Crippen LogP contribution in [0.5, 0.6) is 0 Å². The van der Waals surface area contributed by atoms with Crippen LogP contribution in [0.1, 0.15) is 41.5 Å². The maximum atomic E-state index is 13.4. The lowest BCUT2D eigenvalue weighted by molar-refractivity contribution is 0.384. The molecule has 0 N–H and O–H groups in total. The van der Waals surface area contributed by atoms with E-state index in [0.717, 1.165) is 37.1 Å². The first kappa shape index (κ1) is 18.6. The topological polar surface area (TPSA) is 81.2 Å². The summed E-state index contributed by atoms with van der Waals surface area (Å²) in [5.41, 5.74) is 5.04. The number of rotatable bonds is 4. The number of aryl methyl sites for hydroxylation is 4. The minimum atomic E-state index is -3.57. The molecule has 3 heterocycles. The Balaban J connectivity index is 1.52. The summed E-state index contributed by atoms with van der Waals surface area (Å²) in [6.45, 7) is 5.32. The summed E-state index contributed by atoms with van der Waals surface area (Å²) in [6.07, 6.45) is 5.38. The molecule has 0 unspecified atom stereocenters. The van der Waals surface area contributed by atoms with Crippen LogP contribution in [-0.2, 0) is 42.4 Å². The van der Waals surface area contributed by atoms with Crippen molar-refractivity contribution in [3.63, 3.8) is 0 Å². The van der Waals surface area contributed by atoms with Gasteiger partial charge in [0.25, 0.3) is 0 Å². The number of sulfonamides is 1. The Hall–Kier alpha value is -2.45. The smallest absolute Gasteiger partial charge is 0.247 e. The van der Waals surface area contributed by atoms with Gasteiger partial charge in [0, 0.05) is 37.3 Å². The Morgan fingerprint density at radius 3 is 2.76 bits per heavy atom. The van der Waals surface area contributed by atoms with Crippen LogP contribution in [-0.4, -0.2) is 34.0 Å². The van der Waals surface area contributed by atoms with Crippen molar-refractivity contribution in [1.29, 1.82) is 0 Å². The number of fused-ring (bicyclic) bond motifs is 2. The zero-order valence-corrected chi connectivity index (χ0v) is 17.5. The molecule has 0 radical (unpaired) electrons. The number of nitrogens with zero attached hydrogens (tertiary/aromatic N) is 4. The average Bonchev–Trinajstić information content (AvgIpc) is 3.44. The monoisotopic (exact) mass is 412 g/mol. The molecule has 8 heteroatoms. The Labute approximate surface area is 170 Å². The first-order chi connectivity index (χ1) is 14.0. The zero-order valence-electron chi connectivity index (χ0n) is 16.7. The molecular weight excluding hydrogens is 388 g/mol. The van der Waals surface area contributed by atoms with Crippen molar-refractivity contribution in [2.45, 2.75) is 57.5 Å². The van der Waals surface area contributed by atoms with E-state index >= 15 is 0 Å². The summed E-state index contributed by atoms with van der Waals surface area (Å²) >= 11 is 0. The first-order valence-corrected chi connectivity index (χ1v) is 11.5. The maximum Gasteiger partial charge on any atom is 0.247 e. The molecule has 0 fully saturated rings. The van der Waals surface area contributed by atoms with Crippen LogP contribution in [0.4, 0.5) is 0 Å². The van der Waals surface area contributed by atoms with Crippen molar-refractivity contribution < 1.29 is 12.8 Å². The summed E-state index contributed by atoms with van der Waals surface area (Å²) in [4.78, 5) is 4.70. The third-order valence-electron chi connectivity index (χ3n) is 5.93. The Morgan fingerprint density at radius 2 is 2.00 bits per heavy atom. The largest absolute Gasteiger partial charge is 0.440 e. The van der Waals surface area contributed by atoms with Gasteiger partial charge in [-0.15, -0.1) is 0 Å². The summed E-state index contributed by atoms with van der Waals surface area (Å²) in [5.74, 6) is 1.15. The molecule has 7 nitrogen and oxygen atoms in total. The van der Waals surface area contributed by atoms with Crippen LogP contribution < -0.4 is 0 Å². The first-order valence-electron chi connectivity index (χ1n) is 10.1. The number of benzene rings is 1. The van der Waals surface area contributed by atoms with Gasteiger partial charge in [-0.2, -0.15) is 9.40 Å². The van der Waals surface area contributed by atoms with E-state index in [1.54, 1.807) is 16.6 Å². The van der Waals surface area contributed by atoms with Crippen molar-refractivity contribution in [2.24, 2.45) is 0 Å². The van der Waals surface area contributed by atoms with Crippen molar-refractivity contribution in [3.8, 4) is 11.6 Å². The SMILES string of the molecule is CCn1nc(-c2ncc(C)o2)c2c1CCN(S(=O)(=O)c1ccc3c(c1)CCC3)C2. The molecule has 5 rings (SSSR count). The number of aromatic nitrogens is 3. The van der Waals surface area contributed by atoms with Crippen molar-refractivity contribution in [3.05, 3.63) is 52.5 Å². The third-order valence-corrected chi connectivity index (χ3v) is 7.77. The minimum Gasteiger partial charge on any atom is -0.440 e. The van der Waals surface area contributed by atoms with Crippen LogP contribution in [0.15, 0.2) is 33.7 Å². The molecule has 2 aliphatic rings. The van der Waals surface area contributed by atoms with Crippen LogP contribution in [0.3, 0.4) is 0 Å². The Kier molecular flexibility index (Phi) is 4.36. The predicted octanol–water partition coefficient (Wildman–Crippen LogP) is 3.10. The summed E-state index contributed by atoms with van der Waals surface area (Å²) in [6, 6.07) is 5.59. The van der Waals surface area contributed by atoms with E-state index in [9.17, 15) is 8.42 Å². The van der Waals surface area contributed by atoms with Gasteiger partial charge in [-0.3, -0.25) is 4.68 Å². The molecule has 0 amide bonds. The van der Waals surface area contributed by atoms with Gasteiger partial charge < -0.3 is 4.42 Å². The van der Waals surface area contributed by atoms with Crippen LogP contribution in [0.25, 0.3) is 11.6 Å². The van der Waals surface area contributed by atoms with Crippen LogP contribution in [0.2, 0.25) is 0 Å². The summed E-state index contributed by atoms with van der Waals surface area (Å²) < 4.78 is 36.0. The van der Waals surface area contributed by atoms with Gasteiger partial charge in [-0.1, -0.05) is 6.07 Å². The molecule has 152 valence electrons. The molecule has 3 aromatic rings. The van der Waals surface area contributed by atoms with E-state index in [1.807, 2.05) is 30.7 Å². The molecule has 1 aromatic carbocycles. The normalized spacial score (nSPS) is 16.8. The van der Waals surface area contributed by atoms with Crippen LogP contribution >= 0.6 is 0 Å². The molecule has 1 aliphatic carbocycles. The van der Waals surface area contributed by atoms with E-state index in [4.69, 9.17) is 4.42 Å². The predicted molar refractivity (Wildman–Crippen MR) is 108 cm³/mol. The van der Waals surface area contributed by atoms with Crippen LogP contribution in [0, 0.1) is 6.92 Å². The molecule has 0 bridgehead atoms. The van der Waals surface area contributed by atoms with E-state index in [-0.39, 0.29) is 6.54 Å². The molecule has 0 atom stereocenters. The van der Waals surface area contributed by atoms with Crippen molar-refractivity contribution in [2.75, 3.05) is 6.54 Å². The van der Waals surface area contributed by atoms with Gasteiger partial charge >= 0.3 is 0 Å². The minimum absolute atomic E-state index is 0.283. The summed E-state index contributed by atoms with van der Waals surface area (Å²) in [5, 5.41) is 4.67. The van der Waals surface area contributed by atoms with Gasteiger partial charge in [0.2, 0.25) is 15.9 Å². The second-order valence-corrected chi connectivity index (χ2v) is 9.68. The van der Waals surface area contributed by atoms with E-state index in [0.29, 0.717) is 35.2 Å². The van der Waals surface area contributed by atoms with E-state index < -0.39 is 10.0 Å². The Morgan fingerprint density at radius 1 is 1.17 bits per heavy atom. The lowest BCUT2D eigenvalue weighted by atomic mass is 10.1. The van der Waals surface area contributed by atoms with Crippen molar-refractivity contribution in [1.82, 2.24) is 19.1 Å². The fraction of sp³-hybridized carbons (Fsp3) is 0.429. The number of hydrogen-bond donors (Lipinski definition) is 0. The molecule has 0 saturated carbocycles. The second kappa shape index (κ2) is 6.81. The van der Waals surface area contributed by atoms with Crippen molar-refractivity contribution >= 4 is 10.0 Å². The number of hydrogen-bond acceptors (Lipinski definition) is 5. The molecule has 1 aliphatic heterocycles. The van der Waals surface area contributed by atoms with Gasteiger partial charge in [0.1, 0.15) is 5.76 Å². The number of oxazole rings is 1. The highest BCUT2D eigenvalue weighted by atomic mass is 32.2. The zero-order chi connectivity index (χ0) is 20.2. The average molecular weight is 413 g/mol. The fourth-order valence-electron chi connectivity index (χ4n) is 4.43. The standard InChI is InChI=1S/C21H24N4O3S/c1-3-25-19-9-10-24(13-18(19)20(23-25)21-22-12-14(2)28-21)29(26,27)17-8-7-15-5-4-6-16(15)11-17/h7-8,11-12H,3-6,9-10,13H2,1-2H3. The maximum absolute atomic E-state index is 13.4. The quantitative estimate of drug-likeness (QED) is 0.658. The molecule has 29 heavy (non-hydrogen) atoms. The Bertz CT molecular complexity index is 1190. The second-order valence-electron chi connectivity index (χ2n) is 7.74. The van der Waals surface area contributed by atoms with Gasteiger partial charge in [0.05, 0.1) is 11.1 Å². The van der Waals surface area contributed by atoms with E-state index in [2.05, 4.69) is 10.1 Å². The fourth-order valence-corrected chi connectivity index (χ4v) is 5.89. The third kappa shape index (κ3) is 3.02. The van der Waals surface area contributed by atoms with Gasteiger partial charge in [0.15, 0.2) is 5.69 Å². The van der Waals surface area contributed by atoms with Gasteiger partial charge in [-0.25, -0.2) is 13.4 Å². The highest BCUT2D eigenvalue weighted by Gasteiger charge is 2.34. The summed E-state index contributed by atoms with van der Waals surface area (Å²) in [7, 11) is -3.57. The lowest BCUT2D eigenvalue weighted by Crippen LogP contribution is -2.36.